The molecule has 17 heavy (non-hydrogen) atoms. The summed E-state index contributed by atoms with van der Waals surface area (Å²) >= 11 is 0. The van der Waals surface area contributed by atoms with E-state index in [0.717, 1.165) is 0 Å². The molecule has 5 heteroatoms. The Labute approximate surface area is 135 Å². The van der Waals surface area contributed by atoms with Gasteiger partial charge in [0.05, 0.1) is 8.07 Å². The van der Waals surface area contributed by atoms with Crippen molar-refractivity contribution in [3.8, 4) is 0 Å². The first-order chi connectivity index (χ1) is 6.07. The summed E-state index contributed by atoms with van der Waals surface area (Å²) in [5, 5.41) is 4.34. The summed E-state index contributed by atoms with van der Waals surface area (Å²) in [6.45, 7) is 7.17. The molecule has 93 valence electrons. The van der Waals surface area contributed by atoms with Crippen molar-refractivity contribution in [2.45, 2.75) is 19.6 Å². The van der Waals surface area contributed by atoms with Gasteiger partial charge in [-0.2, -0.15) is 11.5 Å². The molecule has 0 saturated heterocycles. The molecule has 0 amide bonds. The van der Waals surface area contributed by atoms with Crippen molar-refractivity contribution < 1.29 is 55.8 Å². The Morgan fingerprint density at radius 3 is 1.94 bits per heavy atom. The summed E-state index contributed by atoms with van der Waals surface area (Å²) in [4.78, 5) is 0. The third-order valence-electron chi connectivity index (χ3n) is 2.48. The molecule has 0 N–H and O–H groups in total. The van der Waals surface area contributed by atoms with Gasteiger partial charge in [0.15, 0.2) is 0 Å². The molecule has 0 heterocycles. The zero-order valence-electron chi connectivity index (χ0n) is 10.0. The number of hydrogen-bond acceptors (Lipinski definition) is 0. The van der Waals surface area contributed by atoms with E-state index in [1.165, 1.54) is 10.8 Å². The molecule has 2 aromatic rings. The maximum Gasteiger partial charge on any atom is 4.00 e. The fraction of sp³-hybridized carbons (Fsp3) is 0.250. The first kappa shape index (κ1) is 22.7. The topological polar surface area (TPSA) is 0 Å². The molecule has 0 atom stereocenters. The minimum absolute atomic E-state index is 0. The first-order valence-electron chi connectivity index (χ1n) is 4.73. The van der Waals surface area contributed by atoms with E-state index >= 15 is 0 Å². The Bertz CT molecular complexity index is 401. The van der Waals surface area contributed by atoms with E-state index in [9.17, 15) is 0 Å². The van der Waals surface area contributed by atoms with Gasteiger partial charge < -0.3 is 37.2 Å². The smallest absolute Gasteiger partial charge is 1.00 e. The van der Waals surface area contributed by atoms with Crippen LogP contribution in [0.5, 0.6) is 0 Å². The second kappa shape index (κ2) is 8.58. The van der Waals surface area contributed by atoms with Crippen LogP contribution in [0.4, 0.5) is 0 Å². The maximum absolute atomic E-state index is 2.39. The number of halogens is 3. The van der Waals surface area contributed by atoms with E-state index in [1.54, 1.807) is 5.19 Å². The molecule has 0 unspecified atom stereocenters. The predicted octanol–water partition coefficient (Wildman–Crippen LogP) is -5.89. The molecular formula is C12H15Cl3SiV. The van der Waals surface area contributed by atoms with Crippen LogP contribution >= 0.6 is 0 Å². The van der Waals surface area contributed by atoms with Crippen LogP contribution in [0.15, 0.2) is 36.4 Å². The molecule has 0 bridgehead atoms. The second-order valence-corrected chi connectivity index (χ2v) is 9.70. The molecule has 1 radical (unpaired) electrons. The Hall–Kier alpha value is 0.501. The van der Waals surface area contributed by atoms with Crippen LogP contribution in [0.1, 0.15) is 0 Å². The van der Waals surface area contributed by atoms with E-state index in [2.05, 4.69) is 56.0 Å². The van der Waals surface area contributed by atoms with E-state index in [4.69, 9.17) is 0 Å². The summed E-state index contributed by atoms with van der Waals surface area (Å²) in [6.07, 6.45) is 0. The number of benzene rings is 1. The minimum atomic E-state index is -1.12. The number of hydrogen-bond donors (Lipinski definition) is 0. The summed E-state index contributed by atoms with van der Waals surface area (Å²) < 4.78 is 0. The Morgan fingerprint density at radius 2 is 1.47 bits per heavy atom. The van der Waals surface area contributed by atoms with Crippen LogP contribution in [0.25, 0.3) is 10.8 Å². The molecule has 2 aromatic carbocycles. The van der Waals surface area contributed by atoms with Crippen molar-refractivity contribution in [1.29, 1.82) is 0 Å². The fourth-order valence-electron chi connectivity index (χ4n) is 1.58. The van der Waals surface area contributed by atoms with Gasteiger partial charge in [0.25, 0.3) is 0 Å². The average molecular weight is 345 g/mol. The third kappa shape index (κ3) is 5.34. The summed E-state index contributed by atoms with van der Waals surface area (Å²) in [5.74, 6) is 0. The van der Waals surface area contributed by atoms with E-state index in [-0.39, 0.29) is 55.8 Å². The van der Waals surface area contributed by atoms with Gasteiger partial charge in [0, 0.05) is 0 Å². The van der Waals surface area contributed by atoms with Gasteiger partial charge in [0.1, 0.15) is 0 Å². The molecular weight excluding hydrogens is 330 g/mol. The quantitative estimate of drug-likeness (QED) is 0.357. The van der Waals surface area contributed by atoms with Gasteiger partial charge in [-0.05, 0) is 0 Å². The zero-order chi connectivity index (χ0) is 9.47. The summed E-state index contributed by atoms with van der Waals surface area (Å²) in [5.41, 5.74) is 0. The summed E-state index contributed by atoms with van der Waals surface area (Å²) in [7, 11) is -1.12. The van der Waals surface area contributed by atoms with Crippen molar-refractivity contribution in [2.75, 3.05) is 0 Å². The molecule has 0 aromatic heterocycles. The Balaban J connectivity index is -0.000000490. The van der Waals surface area contributed by atoms with Crippen molar-refractivity contribution in [1.82, 2.24) is 0 Å². The number of fused-ring (bicyclic) bond motifs is 1. The van der Waals surface area contributed by atoms with Crippen molar-refractivity contribution in [3.05, 3.63) is 36.4 Å². The van der Waals surface area contributed by atoms with Crippen LogP contribution < -0.4 is 42.4 Å². The minimum Gasteiger partial charge on any atom is -1.00 e. The molecule has 0 aliphatic rings. The average Bonchev–Trinajstić information content (AvgIpc) is 2.45. The Morgan fingerprint density at radius 1 is 0.941 bits per heavy atom. The largest absolute Gasteiger partial charge is 4.00 e. The molecule has 0 saturated carbocycles. The van der Waals surface area contributed by atoms with Gasteiger partial charge >= 0.3 is 18.6 Å². The van der Waals surface area contributed by atoms with Gasteiger partial charge in [-0.25, -0.2) is 0 Å². The zero-order valence-corrected chi connectivity index (χ0v) is 14.7. The van der Waals surface area contributed by atoms with Crippen LogP contribution in [0, 0.1) is 0 Å². The first-order valence-corrected chi connectivity index (χ1v) is 8.23. The van der Waals surface area contributed by atoms with Crippen LogP contribution in [-0.2, 0) is 18.6 Å². The van der Waals surface area contributed by atoms with E-state index in [0.29, 0.717) is 0 Å². The standard InChI is InChI=1S/C12H15Si.3ClH.V/c1-13(2,3)12-8-10-6-4-5-7-11(10)9-12;;;;/h4-9H,1-3H3;3*1H;/q-1;;;;+4/p-3. The van der Waals surface area contributed by atoms with Crippen molar-refractivity contribution in [2.24, 2.45) is 0 Å². The molecule has 0 nitrogen and oxygen atoms in total. The van der Waals surface area contributed by atoms with Crippen LogP contribution in [-0.4, -0.2) is 8.07 Å². The fourth-order valence-corrected chi connectivity index (χ4v) is 2.76. The molecule has 0 spiro atoms. The molecule has 0 aliphatic carbocycles. The maximum atomic E-state index is 2.39. The van der Waals surface area contributed by atoms with Crippen LogP contribution in [0.2, 0.25) is 19.6 Å². The number of rotatable bonds is 1. The normalized spacial score (nSPS) is 9.35. The van der Waals surface area contributed by atoms with Gasteiger partial charge in [-0.15, -0.1) is 34.8 Å². The van der Waals surface area contributed by atoms with Gasteiger partial charge in [-0.3, -0.25) is 0 Å². The summed E-state index contributed by atoms with van der Waals surface area (Å²) in [6, 6.07) is 13.3. The Kier molecular flexibility index (Phi) is 11.4. The molecule has 2 rings (SSSR count). The SMILES string of the molecule is C[Si](C)(C)c1cc2ccccc2[cH-]1.[Cl-].[Cl-].[Cl-].[V+4]. The predicted molar refractivity (Wildman–Crippen MR) is 62.5 cm³/mol. The van der Waals surface area contributed by atoms with Crippen LogP contribution in [0.3, 0.4) is 0 Å². The van der Waals surface area contributed by atoms with Gasteiger partial charge in [-0.1, -0.05) is 25.7 Å². The molecule has 0 fully saturated rings. The van der Waals surface area contributed by atoms with Crippen molar-refractivity contribution in [3.63, 3.8) is 0 Å². The van der Waals surface area contributed by atoms with Gasteiger partial charge in [0.2, 0.25) is 0 Å². The monoisotopic (exact) mass is 343 g/mol. The molecule has 0 aliphatic heterocycles. The van der Waals surface area contributed by atoms with E-state index in [1.807, 2.05) is 0 Å². The van der Waals surface area contributed by atoms with Crippen molar-refractivity contribution >= 4 is 24.0 Å². The second-order valence-electron chi connectivity index (χ2n) is 4.62. The van der Waals surface area contributed by atoms with E-state index < -0.39 is 8.07 Å². The third-order valence-corrected chi connectivity index (χ3v) is 4.50.